The van der Waals surface area contributed by atoms with E-state index >= 15 is 0 Å². The Labute approximate surface area is 201 Å². The number of aromatic hydroxyl groups is 1. The number of alkyl halides is 3. The number of hydrogen-bond acceptors (Lipinski definition) is 11. The summed E-state index contributed by atoms with van der Waals surface area (Å²) in [5, 5.41) is 27.6. The third-order valence-electron chi connectivity index (χ3n) is 4.95. The van der Waals surface area contributed by atoms with Gasteiger partial charge in [-0.25, -0.2) is 5.43 Å². The molecule has 0 bridgehead atoms. The Morgan fingerprint density at radius 3 is 2.58 bits per heavy atom. The Balaban J connectivity index is 1.60. The molecule has 188 valence electrons. The molecule has 2 heterocycles. The van der Waals surface area contributed by atoms with Crippen LogP contribution in [-0.2, 0) is 10.9 Å². The Morgan fingerprint density at radius 2 is 1.86 bits per heavy atom. The zero-order valence-electron chi connectivity index (χ0n) is 18.4. The number of ether oxygens (including phenoxy) is 1. The lowest BCUT2D eigenvalue weighted by Crippen LogP contribution is -2.37. The van der Waals surface area contributed by atoms with E-state index in [1.54, 1.807) is 0 Å². The van der Waals surface area contributed by atoms with Crippen LogP contribution in [0.1, 0.15) is 11.1 Å². The quantitative estimate of drug-likeness (QED) is 0.248. The molecule has 0 radical (unpaired) electrons. The van der Waals surface area contributed by atoms with Gasteiger partial charge in [-0.2, -0.15) is 33.2 Å². The first-order valence-electron chi connectivity index (χ1n) is 10.5. The molecule has 15 heteroatoms. The number of nitro benzene ring substituents is 1. The molecule has 0 saturated carbocycles. The lowest BCUT2D eigenvalue weighted by atomic mass is 10.2. The molecule has 0 unspecified atom stereocenters. The van der Waals surface area contributed by atoms with Crippen LogP contribution >= 0.6 is 0 Å². The SMILES string of the molecule is O=[N+]([O-])c1ccc(O)c(/C=N/Nc2nc(Nc3cccc(C(F)(F)F)c3)nc(N3CCOCC3)n2)c1. The predicted octanol–water partition coefficient (Wildman–Crippen LogP) is 3.53. The topological polar surface area (TPSA) is 151 Å². The highest BCUT2D eigenvalue weighted by atomic mass is 19.4. The Kier molecular flexibility index (Phi) is 7.10. The molecule has 0 spiro atoms. The summed E-state index contributed by atoms with van der Waals surface area (Å²) in [6.45, 7) is 1.85. The van der Waals surface area contributed by atoms with Gasteiger partial charge < -0.3 is 20.1 Å². The normalized spacial score (nSPS) is 14.1. The van der Waals surface area contributed by atoms with Crippen molar-refractivity contribution in [1.29, 1.82) is 0 Å². The molecule has 1 aliphatic rings. The Morgan fingerprint density at radius 1 is 1.11 bits per heavy atom. The molecule has 36 heavy (non-hydrogen) atoms. The van der Waals surface area contributed by atoms with Crippen molar-refractivity contribution in [2.45, 2.75) is 6.18 Å². The minimum atomic E-state index is -4.52. The van der Waals surface area contributed by atoms with E-state index in [0.29, 0.717) is 26.3 Å². The first-order valence-corrected chi connectivity index (χ1v) is 10.5. The molecule has 1 aliphatic heterocycles. The number of non-ortho nitro benzene ring substituents is 1. The maximum absolute atomic E-state index is 13.1. The number of benzene rings is 2. The van der Waals surface area contributed by atoms with Crippen LogP contribution in [0.3, 0.4) is 0 Å². The summed E-state index contributed by atoms with van der Waals surface area (Å²) in [6, 6.07) is 8.00. The van der Waals surface area contributed by atoms with E-state index < -0.39 is 16.7 Å². The molecular weight excluding hydrogens is 485 g/mol. The first kappa shape index (κ1) is 24.6. The van der Waals surface area contributed by atoms with Gasteiger partial charge in [-0.3, -0.25) is 10.1 Å². The van der Waals surface area contributed by atoms with Crippen molar-refractivity contribution in [3.8, 4) is 5.75 Å². The second-order valence-corrected chi connectivity index (χ2v) is 7.46. The van der Waals surface area contributed by atoms with Crippen LogP contribution in [-0.4, -0.2) is 57.5 Å². The monoisotopic (exact) mass is 504 g/mol. The van der Waals surface area contributed by atoms with E-state index in [2.05, 4.69) is 30.8 Å². The van der Waals surface area contributed by atoms with Crippen molar-refractivity contribution < 1.29 is 27.9 Å². The van der Waals surface area contributed by atoms with Gasteiger partial charge in [-0.05, 0) is 24.3 Å². The smallest absolute Gasteiger partial charge is 0.416 e. The van der Waals surface area contributed by atoms with Crippen molar-refractivity contribution in [3.05, 3.63) is 63.7 Å². The van der Waals surface area contributed by atoms with E-state index in [9.17, 15) is 28.4 Å². The van der Waals surface area contributed by atoms with Gasteiger partial charge in [0.25, 0.3) is 5.69 Å². The summed E-state index contributed by atoms with van der Waals surface area (Å²) in [4.78, 5) is 24.9. The minimum absolute atomic E-state index is 0.0401. The number of nitro groups is 1. The van der Waals surface area contributed by atoms with Crippen LogP contribution in [0.25, 0.3) is 0 Å². The highest BCUT2D eigenvalue weighted by Crippen LogP contribution is 2.31. The van der Waals surface area contributed by atoms with E-state index in [1.807, 2.05) is 4.90 Å². The molecule has 3 N–H and O–H groups in total. The zero-order valence-corrected chi connectivity index (χ0v) is 18.4. The summed E-state index contributed by atoms with van der Waals surface area (Å²) < 4.78 is 44.6. The van der Waals surface area contributed by atoms with Gasteiger partial charge in [0.15, 0.2) is 0 Å². The fourth-order valence-corrected chi connectivity index (χ4v) is 3.20. The molecule has 4 rings (SSSR count). The number of hydrazone groups is 1. The second-order valence-electron chi connectivity index (χ2n) is 7.46. The molecular formula is C21H19F3N8O4. The predicted molar refractivity (Wildman–Crippen MR) is 124 cm³/mol. The van der Waals surface area contributed by atoms with Crippen LogP contribution in [0.4, 0.5) is 42.4 Å². The number of rotatable bonds is 7. The first-order chi connectivity index (χ1) is 17.2. The standard InChI is InChI=1S/C21H19F3N8O4/c22-21(23,24)14-2-1-3-15(11-14)26-18-27-19(29-20(28-18)31-6-8-36-9-7-31)30-25-12-13-10-16(32(34)35)4-5-17(13)33/h1-5,10-12,33H,6-9H2,(H2,26,27,28,29,30)/b25-12+. The third-order valence-corrected chi connectivity index (χ3v) is 4.95. The number of nitrogens with one attached hydrogen (secondary N) is 2. The molecule has 1 saturated heterocycles. The average Bonchev–Trinajstić information content (AvgIpc) is 2.85. The third kappa shape index (κ3) is 6.12. The highest BCUT2D eigenvalue weighted by Gasteiger charge is 2.30. The minimum Gasteiger partial charge on any atom is -0.507 e. The number of phenolic OH excluding ortho intramolecular Hbond substituents is 1. The van der Waals surface area contributed by atoms with Gasteiger partial charge >= 0.3 is 6.18 Å². The van der Waals surface area contributed by atoms with Gasteiger partial charge in [0.2, 0.25) is 17.8 Å². The Bertz CT molecular complexity index is 1280. The van der Waals surface area contributed by atoms with Gasteiger partial charge in [0.1, 0.15) is 5.75 Å². The molecule has 1 fully saturated rings. The number of morpholine rings is 1. The zero-order chi connectivity index (χ0) is 25.7. The van der Waals surface area contributed by atoms with Crippen LogP contribution in [0.15, 0.2) is 47.6 Å². The number of halogens is 3. The summed E-state index contributed by atoms with van der Waals surface area (Å²) in [5.74, 6) is -0.0924. The Hall–Kier alpha value is -4.53. The van der Waals surface area contributed by atoms with Crippen molar-refractivity contribution in [1.82, 2.24) is 15.0 Å². The molecule has 0 amide bonds. The van der Waals surface area contributed by atoms with Crippen LogP contribution in [0, 0.1) is 10.1 Å². The number of phenols is 1. The largest absolute Gasteiger partial charge is 0.507 e. The molecule has 1 aromatic heterocycles. The molecule has 0 atom stereocenters. The van der Waals surface area contributed by atoms with Crippen LogP contribution in [0.5, 0.6) is 5.75 Å². The number of nitrogens with zero attached hydrogens (tertiary/aromatic N) is 6. The van der Waals surface area contributed by atoms with E-state index in [4.69, 9.17) is 4.74 Å². The fourth-order valence-electron chi connectivity index (χ4n) is 3.20. The summed E-state index contributed by atoms with van der Waals surface area (Å²) in [6.07, 6.45) is -3.38. The van der Waals surface area contributed by atoms with Crippen molar-refractivity contribution in [3.63, 3.8) is 0 Å². The molecule has 3 aromatic rings. The van der Waals surface area contributed by atoms with Gasteiger partial charge in [0, 0.05) is 36.5 Å². The van der Waals surface area contributed by atoms with Crippen molar-refractivity contribution in [2.75, 3.05) is 41.9 Å². The van der Waals surface area contributed by atoms with Crippen molar-refractivity contribution in [2.24, 2.45) is 5.10 Å². The number of aromatic nitrogens is 3. The van der Waals surface area contributed by atoms with Gasteiger partial charge in [-0.15, -0.1) is 0 Å². The van der Waals surface area contributed by atoms with Crippen LogP contribution in [0.2, 0.25) is 0 Å². The van der Waals surface area contributed by atoms with Crippen LogP contribution < -0.4 is 15.6 Å². The van der Waals surface area contributed by atoms with E-state index in [-0.39, 0.29) is 40.5 Å². The lowest BCUT2D eigenvalue weighted by Gasteiger charge is -2.27. The number of anilines is 4. The maximum Gasteiger partial charge on any atom is 0.416 e. The lowest BCUT2D eigenvalue weighted by molar-refractivity contribution is -0.384. The second kappa shape index (κ2) is 10.4. The average molecular weight is 504 g/mol. The van der Waals surface area contributed by atoms with Gasteiger partial charge in [0.05, 0.1) is 29.9 Å². The fraction of sp³-hybridized carbons (Fsp3) is 0.238. The molecule has 2 aromatic carbocycles. The van der Waals surface area contributed by atoms with Crippen molar-refractivity contribution >= 4 is 35.4 Å². The van der Waals surface area contributed by atoms with E-state index in [0.717, 1.165) is 36.5 Å². The highest BCUT2D eigenvalue weighted by molar-refractivity contribution is 5.84. The molecule has 12 nitrogen and oxygen atoms in total. The number of hydrogen-bond donors (Lipinski definition) is 3. The maximum atomic E-state index is 13.1. The summed E-state index contributed by atoms with van der Waals surface area (Å²) in [7, 11) is 0. The molecule has 0 aliphatic carbocycles. The van der Waals surface area contributed by atoms with E-state index in [1.165, 1.54) is 12.1 Å². The summed E-state index contributed by atoms with van der Waals surface area (Å²) in [5.41, 5.74) is 1.66. The van der Waals surface area contributed by atoms with Gasteiger partial charge in [-0.1, -0.05) is 6.07 Å². The summed E-state index contributed by atoms with van der Waals surface area (Å²) >= 11 is 0.